The van der Waals surface area contributed by atoms with Gasteiger partial charge in [0.15, 0.2) is 11.5 Å². The largest absolute Gasteiger partial charge is 0.495 e. The fourth-order valence-corrected chi connectivity index (χ4v) is 2.03. The van der Waals surface area contributed by atoms with E-state index in [0.29, 0.717) is 28.3 Å². The molecule has 23 heavy (non-hydrogen) atoms. The van der Waals surface area contributed by atoms with Crippen molar-refractivity contribution >= 4 is 29.7 Å². The summed E-state index contributed by atoms with van der Waals surface area (Å²) in [5, 5.41) is 2.97. The molecule has 0 saturated carbocycles. The van der Waals surface area contributed by atoms with Crippen LogP contribution in [0.1, 0.15) is 10.4 Å². The van der Waals surface area contributed by atoms with E-state index >= 15 is 0 Å². The molecule has 0 saturated heterocycles. The smallest absolute Gasteiger partial charge is 0.417 e. The topological polar surface area (TPSA) is 73.9 Å². The minimum atomic E-state index is -0.747. The van der Waals surface area contributed by atoms with Gasteiger partial charge in [0, 0.05) is 10.6 Å². The minimum absolute atomic E-state index is 0.177. The van der Waals surface area contributed by atoms with Crippen LogP contribution in [-0.4, -0.2) is 26.6 Å². The van der Waals surface area contributed by atoms with E-state index in [9.17, 15) is 9.59 Å². The molecular weight excluding hydrogens is 322 g/mol. The third kappa shape index (κ3) is 4.14. The third-order valence-corrected chi connectivity index (χ3v) is 3.16. The van der Waals surface area contributed by atoms with Gasteiger partial charge in [0.25, 0.3) is 0 Å². The van der Waals surface area contributed by atoms with Crippen molar-refractivity contribution in [1.82, 2.24) is 0 Å². The van der Waals surface area contributed by atoms with Crippen LogP contribution in [0.25, 0.3) is 0 Å². The SMILES string of the molecule is COc1ccc(Cl)cc1NC(=O)Oc1ccc(C=O)cc1OC. The summed E-state index contributed by atoms with van der Waals surface area (Å²) >= 11 is 5.90. The van der Waals surface area contributed by atoms with Crippen molar-refractivity contribution in [2.75, 3.05) is 19.5 Å². The Morgan fingerprint density at radius 3 is 2.39 bits per heavy atom. The molecule has 0 heterocycles. The molecule has 0 aliphatic carbocycles. The number of aldehydes is 1. The number of halogens is 1. The number of ether oxygens (including phenoxy) is 3. The van der Waals surface area contributed by atoms with Crippen molar-refractivity contribution in [3.63, 3.8) is 0 Å². The first-order valence-electron chi connectivity index (χ1n) is 6.53. The Kier molecular flexibility index (Phi) is 5.43. The lowest BCUT2D eigenvalue weighted by molar-refractivity contribution is 0.112. The fourth-order valence-electron chi connectivity index (χ4n) is 1.86. The molecule has 7 heteroatoms. The molecule has 1 amide bonds. The first kappa shape index (κ1) is 16.6. The van der Waals surface area contributed by atoms with Crippen LogP contribution >= 0.6 is 11.6 Å². The van der Waals surface area contributed by atoms with E-state index in [0.717, 1.165) is 0 Å². The van der Waals surface area contributed by atoms with Crippen molar-refractivity contribution in [1.29, 1.82) is 0 Å². The number of methoxy groups -OCH3 is 2. The zero-order valence-electron chi connectivity index (χ0n) is 12.5. The molecular formula is C16H14ClNO5. The number of amides is 1. The maximum Gasteiger partial charge on any atom is 0.417 e. The fraction of sp³-hybridized carbons (Fsp3) is 0.125. The highest BCUT2D eigenvalue weighted by Crippen LogP contribution is 2.30. The zero-order valence-corrected chi connectivity index (χ0v) is 13.2. The predicted molar refractivity (Wildman–Crippen MR) is 86.0 cm³/mol. The Morgan fingerprint density at radius 1 is 1.04 bits per heavy atom. The number of carbonyl (C=O) groups excluding carboxylic acids is 2. The summed E-state index contributed by atoms with van der Waals surface area (Å²) < 4.78 is 15.4. The molecule has 2 aromatic carbocycles. The zero-order chi connectivity index (χ0) is 16.8. The first-order valence-corrected chi connectivity index (χ1v) is 6.90. The van der Waals surface area contributed by atoms with E-state index in [1.54, 1.807) is 12.1 Å². The van der Waals surface area contributed by atoms with Crippen LogP contribution in [0.2, 0.25) is 5.02 Å². The second kappa shape index (κ2) is 7.51. The first-order chi connectivity index (χ1) is 11.1. The molecule has 0 radical (unpaired) electrons. The highest BCUT2D eigenvalue weighted by Gasteiger charge is 2.13. The van der Waals surface area contributed by atoms with Gasteiger partial charge < -0.3 is 14.2 Å². The van der Waals surface area contributed by atoms with Gasteiger partial charge in [-0.05, 0) is 36.4 Å². The number of carbonyl (C=O) groups is 2. The summed E-state index contributed by atoms with van der Waals surface area (Å²) in [5.74, 6) is 0.883. The van der Waals surface area contributed by atoms with E-state index in [-0.39, 0.29) is 11.5 Å². The number of anilines is 1. The number of nitrogens with one attached hydrogen (secondary N) is 1. The van der Waals surface area contributed by atoms with Crippen LogP contribution in [0.15, 0.2) is 36.4 Å². The maximum absolute atomic E-state index is 12.0. The van der Waals surface area contributed by atoms with Gasteiger partial charge in [-0.3, -0.25) is 10.1 Å². The molecule has 0 atom stereocenters. The summed E-state index contributed by atoms with van der Waals surface area (Å²) in [7, 11) is 2.88. The van der Waals surface area contributed by atoms with Crippen molar-refractivity contribution in [2.45, 2.75) is 0 Å². The van der Waals surface area contributed by atoms with E-state index in [4.69, 9.17) is 25.8 Å². The number of hydrogen-bond acceptors (Lipinski definition) is 5. The molecule has 0 unspecified atom stereocenters. The summed E-state index contributed by atoms with van der Waals surface area (Å²) in [4.78, 5) is 22.8. The second-order valence-electron chi connectivity index (χ2n) is 4.39. The molecule has 120 valence electrons. The number of benzene rings is 2. The molecule has 0 bridgehead atoms. The molecule has 2 aromatic rings. The predicted octanol–water partition coefficient (Wildman–Crippen LogP) is 3.78. The Morgan fingerprint density at radius 2 is 1.74 bits per heavy atom. The van der Waals surface area contributed by atoms with Gasteiger partial charge >= 0.3 is 6.09 Å². The van der Waals surface area contributed by atoms with Crippen LogP contribution in [0, 0.1) is 0 Å². The maximum atomic E-state index is 12.0. The van der Waals surface area contributed by atoms with Crippen LogP contribution < -0.4 is 19.5 Å². The van der Waals surface area contributed by atoms with Gasteiger partial charge in [-0.1, -0.05) is 11.6 Å². The average Bonchev–Trinajstić information content (AvgIpc) is 2.55. The molecule has 0 spiro atoms. The Hall–Kier alpha value is -2.73. The van der Waals surface area contributed by atoms with Crippen molar-refractivity contribution in [3.8, 4) is 17.2 Å². The Bertz CT molecular complexity index is 732. The molecule has 2 rings (SSSR count). The molecule has 0 aliphatic heterocycles. The lowest BCUT2D eigenvalue weighted by Gasteiger charge is -2.12. The van der Waals surface area contributed by atoms with Crippen LogP contribution in [0.5, 0.6) is 17.2 Å². The van der Waals surface area contributed by atoms with Gasteiger partial charge in [0.2, 0.25) is 0 Å². The highest BCUT2D eigenvalue weighted by atomic mass is 35.5. The minimum Gasteiger partial charge on any atom is -0.495 e. The van der Waals surface area contributed by atoms with Gasteiger partial charge in [-0.15, -0.1) is 0 Å². The van der Waals surface area contributed by atoms with Crippen LogP contribution in [0.4, 0.5) is 10.5 Å². The molecule has 0 aliphatic rings. The molecule has 0 aromatic heterocycles. The normalized spacial score (nSPS) is 9.87. The average molecular weight is 336 g/mol. The summed E-state index contributed by atoms with van der Waals surface area (Å²) in [5.41, 5.74) is 0.777. The lowest BCUT2D eigenvalue weighted by Crippen LogP contribution is -2.17. The Labute approximate surface area is 137 Å². The molecule has 0 fully saturated rings. The molecule has 6 nitrogen and oxygen atoms in total. The monoisotopic (exact) mass is 335 g/mol. The summed E-state index contributed by atoms with van der Waals surface area (Å²) in [6, 6.07) is 9.24. The highest BCUT2D eigenvalue weighted by molar-refractivity contribution is 6.31. The third-order valence-electron chi connectivity index (χ3n) is 2.92. The van der Waals surface area contributed by atoms with E-state index in [2.05, 4.69) is 5.32 Å². The number of rotatable bonds is 5. The second-order valence-corrected chi connectivity index (χ2v) is 4.82. The van der Waals surface area contributed by atoms with E-state index in [1.165, 1.54) is 38.5 Å². The van der Waals surface area contributed by atoms with E-state index < -0.39 is 6.09 Å². The van der Waals surface area contributed by atoms with Gasteiger partial charge in [-0.2, -0.15) is 0 Å². The number of hydrogen-bond donors (Lipinski definition) is 1. The van der Waals surface area contributed by atoms with Crippen molar-refractivity contribution in [3.05, 3.63) is 47.0 Å². The van der Waals surface area contributed by atoms with Crippen molar-refractivity contribution in [2.24, 2.45) is 0 Å². The van der Waals surface area contributed by atoms with E-state index in [1.807, 2.05) is 0 Å². The van der Waals surface area contributed by atoms with Gasteiger partial charge in [-0.25, -0.2) is 4.79 Å². The lowest BCUT2D eigenvalue weighted by atomic mass is 10.2. The Balaban J connectivity index is 2.17. The van der Waals surface area contributed by atoms with Crippen LogP contribution in [0.3, 0.4) is 0 Å². The standard InChI is InChI=1S/C16H14ClNO5/c1-21-13-6-4-11(17)8-12(13)18-16(20)23-14-5-3-10(9-19)7-15(14)22-2/h3-9H,1-2H3,(H,18,20). The summed E-state index contributed by atoms with van der Waals surface area (Å²) in [6.07, 6.45) is -0.0776. The summed E-state index contributed by atoms with van der Waals surface area (Å²) in [6.45, 7) is 0. The van der Waals surface area contributed by atoms with Crippen molar-refractivity contribution < 1.29 is 23.8 Å². The van der Waals surface area contributed by atoms with Crippen LogP contribution in [-0.2, 0) is 0 Å². The van der Waals surface area contributed by atoms with Gasteiger partial charge in [0.05, 0.1) is 19.9 Å². The quantitative estimate of drug-likeness (QED) is 0.842. The molecule has 1 N–H and O–H groups in total. The van der Waals surface area contributed by atoms with Gasteiger partial charge in [0.1, 0.15) is 12.0 Å².